The maximum atomic E-state index is 8.50. The smallest absolute Gasteiger partial charge is 0.0605 e. The zero-order chi connectivity index (χ0) is 6.97. The van der Waals surface area contributed by atoms with Crippen LogP contribution in [0, 0.1) is 6.04 Å². The Labute approximate surface area is 60.1 Å². The Morgan fingerprint density at radius 1 is 1.60 bits per heavy atom. The van der Waals surface area contributed by atoms with Crippen LogP contribution in [0.4, 0.5) is 0 Å². The molecule has 2 aliphatic heterocycles. The first-order chi connectivity index (χ1) is 4.88. The topological polar surface area (TPSA) is 44.6 Å². The van der Waals surface area contributed by atoms with Gasteiger partial charge in [0.25, 0.3) is 0 Å². The Balaban J connectivity index is 2.09. The lowest BCUT2D eigenvalue weighted by atomic mass is 10.0. The summed E-state index contributed by atoms with van der Waals surface area (Å²) in [5.41, 5.74) is 0.941. The highest BCUT2D eigenvalue weighted by molar-refractivity contribution is 5.87. The van der Waals surface area contributed by atoms with E-state index in [1.807, 2.05) is 0 Å². The van der Waals surface area contributed by atoms with Crippen molar-refractivity contribution in [2.45, 2.75) is 31.7 Å². The highest BCUT2D eigenvalue weighted by atomic mass is 16.4. The predicted octanol–water partition coefficient (Wildman–Crippen LogP) is 0.894. The van der Waals surface area contributed by atoms with E-state index in [9.17, 15) is 0 Å². The molecule has 0 aliphatic carbocycles. The van der Waals surface area contributed by atoms with Crippen molar-refractivity contribution in [1.82, 2.24) is 5.32 Å². The van der Waals surface area contributed by atoms with E-state index in [1.54, 1.807) is 0 Å². The van der Waals surface area contributed by atoms with Gasteiger partial charge in [-0.1, -0.05) is 5.16 Å². The Kier molecular flexibility index (Phi) is 1.38. The Hall–Kier alpha value is -0.570. The highest BCUT2D eigenvalue weighted by Gasteiger charge is 2.31. The van der Waals surface area contributed by atoms with Crippen molar-refractivity contribution in [2.75, 3.05) is 0 Å². The summed E-state index contributed by atoms with van der Waals surface area (Å²) < 4.78 is 0. The lowest BCUT2D eigenvalue weighted by Gasteiger charge is -2.20. The molecule has 1 radical (unpaired) electrons. The van der Waals surface area contributed by atoms with Crippen LogP contribution in [-0.4, -0.2) is 17.0 Å². The molecule has 55 valence electrons. The van der Waals surface area contributed by atoms with E-state index in [4.69, 9.17) is 5.21 Å². The minimum atomic E-state index is 0.564. The SMILES string of the molecule is O/N=C1\C[C]2CCC(C1)N2. The molecule has 3 nitrogen and oxygen atoms in total. The lowest BCUT2D eigenvalue weighted by Crippen LogP contribution is -2.33. The Morgan fingerprint density at radius 3 is 3.20 bits per heavy atom. The van der Waals surface area contributed by atoms with Gasteiger partial charge in [-0.15, -0.1) is 0 Å². The summed E-state index contributed by atoms with van der Waals surface area (Å²) in [6, 6.07) is 1.92. The quantitative estimate of drug-likeness (QED) is 0.387. The van der Waals surface area contributed by atoms with Gasteiger partial charge in [0.15, 0.2) is 0 Å². The number of nitrogens with zero attached hydrogens (tertiary/aromatic N) is 1. The maximum absolute atomic E-state index is 8.50. The van der Waals surface area contributed by atoms with Crippen molar-refractivity contribution in [1.29, 1.82) is 0 Å². The average Bonchev–Trinajstić information content (AvgIpc) is 2.30. The van der Waals surface area contributed by atoms with Gasteiger partial charge in [-0.05, 0) is 12.8 Å². The molecule has 0 amide bonds. The number of hydrogen-bond donors (Lipinski definition) is 2. The molecular weight excluding hydrogens is 128 g/mol. The lowest BCUT2D eigenvalue weighted by molar-refractivity contribution is 0.314. The molecule has 0 spiro atoms. The fourth-order valence-corrected chi connectivity index (χ4v) is 1.75. The van der Waals surface area contributed by atoms with E-state index in [0.29, 0.717) is 6.04 Å². The molecule has 2 N–H and O–H groups in total. The van der Waals surface area contributed by atoms with E-state index < -0.39 is 0 Å². The molecule has 0 aromatic heterocycles. The van der Waals surface area contributed by atoms with Gasteiger partial charge in [0.1, 0.15) is 0 Å². The number of nitrogens with one attached hydrogen (secondary N) is 1. The molecule has 3 heteroatoms. The van der Waals surface area contributed by atoms with E-state index in [1.165, 1.54) is 18.9 Å². The van der Waals surface area contributed by atoms with Crippen molar-refractivity contribution >= 4 is 5.71 Å². The van der Waals surface area contributed by atoms with Crippen LogP contribution in [0.25, 0.3) is 0 Å². The summed E-state index contributed by atoms with van der Waals surface area (Å²) in [5.74, 6) is 0. The van der Waals surface area contributed by atoms with Crippen molar-refractivity contribution < 1.29 is 5.21 Å². The maximum Gasteiger partial charge on any atom is 0.0605 e. The first kappa shape index (κ1) is 6.16. The van der Waals surface area contributed by atoms with Gasteiger partial charge in [-0.25, -0.2) is 0 Å². The summed E-state index contributed by atoms with van der Waals surface area (Å²) in [6.45, 7) is 0. The standard InChI is InChI=1S/C7H11N2O/c10-9-7-3-5-1-2-6(4-7)8-5/h5,8,10H,1-4H2/b9-7-. The third-order valence-electron chi connectivity index (χ3n) is 2.24. The van der Waals surface area contributed by atoms with Gasteiger partial charge in [0, 0.05) is 24.9 Å². The second-order valence-electron chi connectivity index (χ2n) is 3.03. The van der Waals surface area contributed by atoms with Gasteiger partial charge in [-0.2, -0.15) is 0 Å². The summed E-state index contributed by atoms with van der Waals surface area (Å²) in [7, 11) is 0. The van der Waals surface area contributed by atoms with Crippen LogP contribution in [0.5, 0.6) is 0 Å². The number of piperidine rings is 1. The Bertz CT molecular complexity index is 153. The second kappa shape index (κ2) is 2.23. The molecule has 1 unspecified atom stereocenters. The zero-order valence-electron chi connectivity index (χ0n) is 5.80. The van der Waals surface area contributed by atoms with Crippen molar-refractivity contribution in [3.63, 3.8) is 0 Å². The molecule has 2 aliphatic rings. The van der Waals surface area contributed by atoms with Gasteiger partial charge < -0.3 is 10.5 Å². The fourth-order valence-electron chi connectivity index (χ4n) is 1.75. The van der Waals surface area contributed by atoms with Gasteiger partial charge in [-0.3, -0.25) is 0 Å². The monoisotopic (exact) mass is 139 g/mol. The minimum Gasteiger partial charge on any atom is -0.411 e. The average molecular weight is 139 g/mol. The second-order valence-corrected chi connectivity index (χ2v) is 3.03. The Morgan fingerprint density at radius 2 is 2.50 bits per heavy atom. The van der Waals surface area contributed by atoms with Crippen LogP contribution in [0.15, 0.2) is 5.16 Å². The molecule has 0 aromatic rings. The van der Waals surface area contributed by atoms with Crippen LogP contribution >= 0.6 is 0 Å². The molecule has 10 heavy (non-hydrogen) atoms. The van der Waals surface area contributed by atoms with Crippen LogP contribution in [0.2, 0.25) is 0 Å². The molecule has 2 fully saturated rings. The predicted molar refractivity (Wildman–Crippen MR) is 37.9 cm³/mol. The van der Waals surface area contributed by atoms with Crippen LogP contribution in [0.3, 0.4) is 0 Å². The molecule has 2 heterocycles. The van der Waals surface area contributed by atoms with E-state index >= 15 is 0 Å². The molecule has 2 saturated heterocycles. The van der Waals surface area contributed by atoms with Crippen molar-refractivity contribution in [3.05, 3.63) is 6.04 Å². The van der Waals surface area contributed by atoms with E-state index in [-0.39, 0.29) is 0 Å². The first-order valence-electron chi connectivity index (χ1n) is 3.69. The number of rotatable bonds is 0. The molecule has 1 atom stereocenters. The van der Waals surface area contributed by atoms with Gasteiger partial charge in [0.2, 0.25) is 0 Å². The third kappa shape index (κ3) is 0.904. The van der Waals surface area contributed by atoms with Gasteiger partial charge in [0.05, 0.1) is 5.71 Å². The largest absolute Gasteiger partial charge is 0.411 e. The normalized spacial score (nSPS) is 37.2. The summed E-state index contributed by atoms with van der Waals surface area (Å²) in [5, 5.41) is 15.1. The summed E-state index contributed by atoms with van der Waals surface area (Å²) >= 11 is 0. The third-order valence-corrected chi connectivity index (χ3v) is 2.24. The fraction of sp³-hybridized carbons (Fsp3) is 0.714. The molecule has 0 saturated carbocycles. The van der Waals surface area contributed by atoms with Crippen molar-refractivity contribution in [3.8, 4) is 0 Å². The molecule has 2 rings (SSSR count). The van der Waals surface area contributed by atoms with E-state index in [2.05, 4.69) is 10.5 Å². The van der Waals surface area contributed by atoms with Crippen LogP contribution in [0.1, 0.15) is 25.7 Å². The summed E-state index contributed by atoms with van der Waals surface area (Å²) in [4.78, 5) is 0. The molecular formula is C7H11N2O. The van der Waals surface area contributed by atoms with Gasteiger partial charge >= 0.3 is 0 Å². The summed E-state index contributed by atoms with van der Waals surface area (Å²) in [6.07, 6.45) is 4.19. The molecule has 0 aromatic carbocycles. The molecule has 2 bridgehead atoms. The number of hydrogen-bond acceptors (Lipinski definition) is 3. The van der Waals surface area contributed by atoms with Crippen LogP contribution < -0.4 is 5.32 Å². The number of fused-ring (bicyclic) bond motifs is 2. The van der Waals surface area contributed by atoms with Crippen molar-refractivity contribution in [2.24, 2.45) is 5.16 Å². The minimum absolute atomic E-state index is 0.564. The van der Waals surface area contributed by atoms with E-state index in [0.717, 1.165) is 18.6 Å². The highest BCUT2D eigenvalue weighted by Crippen LogP contribution is 2.29. The van der Waals surface area contributed by atoms with Crippen LogP contribution in [-0.2, 0) is 0 Å². The zero-order valence-corrected chi connectivity index (χ0v) is 5.80. The number of oxime groups is 1. The first-order valence-corrected chi connectivity index (χ1v) is 3.69.